The van der Waals surface area contributed by atoms with Gasteiger partial charge in [-0.1, -0.05) is 12.8 Å². The van der Waals surface area contributed by atoms with Crippen molar-refractivity contribution in [1.29, 1.82) is 0 Å². The van der Waals surface area contributed by atoms with E-state index in [0.717, 1.165) is 79.6 Å². The highest BCUT2D eigenvalue weighted by atomic mass is 16.5. The first-order valence-corrected chi connectivity index (χ1v) is 13.0. The maximum Gasteiger partial charge on any atom is 0.154 e. The lowest BCUT2D eigenvalue weighted by Gasteiger charge is -2.26. The first kappa shape index (κ1) is 23.0. The van der Waals surface area contributed by atoms with Crippen LogP contribution in [0.25, 0.3) is 22.2 Å². The number of anilines is 2. The fourth-order valence-corrected chi connectivity index (χ4v) is 5.21. The first-order chi connectivity index (χ1) is 17.8. The van der Waals surface area contributed by atoms with E-state index in [1.54, 1.807) is 0 Å². The van der Waals surface area contributed by atoms with Crippen molar-refractivity contribution in [3.8, 4) is 11.1 Å². The number of aromatic nitrogens is 6. The van der Waals surface area contributed by atoms with Crippen molar-refractivity contribution in [1.82, 2.24) is 34.8 Å². The van der Waals surface area contributed by atoms with Crippen molar-refractivity contribution in [2.75, 3.05) is 38.2 Å². The van der Waals surface area contributed by atoms with E-state index in [4.69, 9.17) is 9.72 Å². The highest BCUT2D eigenvalue weighted by Crippen LogP contribution is 2.34. The van der Waals surface area contributed by atoms with Gasteiger partial charge in [0.05, 0.1) is 36.6 Å². The minimum absolute atomic E-state index is 0.595. The molecule has 1 aliphatic heterocycles. The van der Waals surface area contributed by atoms with Crippen LogP contribution in [0.2, 0.25) is 0 Å². The second kappa shape index (κ2) is 10.7. The summed E-state index contributed by atoms with van der Waals surface area (Å²) < 4.78 is 7.44. The number of hydrogen-bond acceptors (Lipinski definition) is 8. The Kier molecular flexibility index (Phi) is 6.82. The zero-order chi connectivity index (χ0) is 24.2. The molecule has 2 fully saturated rings. The van der Waals surface area contributed by atoms with E-state index < -0.39 is 0 Å². The molecule has 36 heavy (non-hydrogen) atoms. The highest BCUT2D eigenvalue weighted by Gasteiger charge is 2.18. The average molecular weight is 485 g/mol. The van der Waals surface area contributed by atoms with Gasteiger partial charge < -0.3 is 10.1 Å². The van der Waals surface area contributed by atoms with E-state index in [2.05, 4.69) is 48.8 Å². The fraction of sp³-hybridized carbons (Fsp3) is 0.444. The summed E-state index contributed by atoms with van der Waals surface area (Å²) in [4.78, 5) is 11.9. The summed E-state index contributed by atoms with van der Waals surface area (Å²) in [6, 6.07) is 8.10. The number of ether oxygens (including phenoxy) is 1. The minimum atomic E-state index is 0.595. The average Bonchev–Trinajstić information content (AvgIpc) is 3.62. The van der Waals surface area contributed by atoms with Crippen LogP contribution in [0, 0.1) is 0 Å². The van der Waals surface area contributed by atoms with Gasteiger partial charge in [-0.25, -0.2) is 4.98 Å². The molecule has 0 spiro atoms. The van der Waals surface area contributed by atoms with Gasteiger partial charge in [-0.2, -0.15) is 10.2 Å². The molecule has 0 radical (unpaired) electrons. The molecule has 1 saturated carbocycles. The van der Waals surface area contributed by atoms with Gasteiger partial charge in [0.1, 0.15) is 5.82 Å². The second-order valence-electron chi connectivity index (χ2n) is 9.74. The minimum Gasteiger partial charge on any atom is -0.379 e. The van der Waals surface area contributed by atoms with Crippen LogP contribution < -0.4 is 5.32 Å². The molecule has 4 aromatic heterocycles. The predicted octanol–water partition coefficient (Wildman–Crippen LogP) is 4.41. The molecule has 0 unspecified atom stereocenters. The van der Waals surface area contributed by atoms with Crippen LogP contribution in [0.4, 0.5) is 11.6 Å². The Bertz CT molecular complexity index is 1310. The second-order valence-corrected chi connectivity index (χ2v) is 9.74. The van der Waals surface area contributed by atoms with Crippen molar-refractivity contribution in [3.05, 3.63) is 54.6 Å². The molecule has 0 aromatic carbocycles. The Morgan fingerprint density at radius 3 is 2.69 bits per heavy atom. The molecular formula is C27H32N8O. The van der Waals surface area contributed by atoms with Gasteiger partial charge in [-0.05, 0) is 55.0 Å². The molecule has 1 aliphatic carbocycles. The lowest BCUT2D eigenvalue weighted by molar-refractivity contribution is 0.0368. The van der Waals surface area contributed by atoms with Crippen molar-refractivity contribution in [2.45, 2.75) is 44.6 Å². The largest absolute Gasteiger partial charge is 0.379 e. The van der Waals surface area contributed by atoms with Crippen molar-refractivity contribution >= 4 is 22.7 Å². The molecule has 1 saturated heterocycles. The van der Waals surface area contributed by atoms with Crippen LogP contribution in [-0.2, 0) is 11.3 Å². The maximum absolute atomic E-state index is 5.43. The van der Waals surface area contributed by atoms with Crippen LogP contribution in [0.15, 0.2) is 49.1 Å². The van der Waals surface area contributed by atoms with Gasteiger partial charge in [0.15, 0.2) is 5.82 Å². The van der Waals surface area contributed by atoms with Gasteiger partial charge in [0.25, 0.3) is 0 Å². The number of nitrogens with zero attached hydrogens (tertiary/aromatic N) is 7. The normalized spacial score (nSPS) is 17.1. The van der Waals surface area contributed by atoms with E-state index >= 15 is 0 Å². The summed E-state index contributed by atoms with van der Waals surface area (Å²) in [7, 11) is 0. The first-order valence-electron chi connectivity index (χ1n) is 13.0. The maximum atomic E-state index is 5.43. The van der Waals surface area contributed by atoms with Gasteiger partial charge in [0.2, 0.25) is 0 Å². The number of rotatable bonds is 8. The van der Waals surface area contributed by atoms with Crippen molar-refractivity contribution in [3.63, 3.8) is 0 Å². The summed E-state index contributed by atoms with van der Waals surface area (Å²) in [5.74, 6) is 2.06. The summed E-state index contributed by atoms with van der Waals surface area (Å²) in [6.07, 6.45) is 13.9. The lowest BCUT2D eigenvalue weighted by atomic mass is 10.0. The topological polar surface area (TPSA) is 93.9 Å². The van der Waals surface area contributed by atoms with Crippen LogP contribution in [0.3, 0.4) is 0 Å². The molecule has 5 heterocycles. The van der Waals surface area contributed by atoms with Gasteiger partial charge in [-0.3, -0.25) is 14.6 Å². The standard InChI is InChI=1S/C27H32N8O/c1-2-5-20(4-1)22-15-27(33-29-17-22)32-26-7-6-24-25(31-26)14-21(16-28-24)23-18-30-35(19-23)9-3-8-34-10-12-36-13-11-34/h6-7,14-20H,1-5,8-13H2,(H,31,32,33). The molecule has 4 aromatic rings. The van der Waals surface area contributed by atoms with E-state index in [1.165, 1.54) is 31.2 Å². The molecule has 1 N–H and O–H groups in total. The van der Waals surface area contributed by atoms with Gasteiger partial charge in [0, 0.05) is 49.7 Å². The molecule has 9 nitrogen and oxygen atoms in total. The quantitative estimate of drug-likeness (QED) is 0.393. The van der Waals surface area contributed by atoms with E-state index in [9.17, 15) is 0 Å². The number of nitrogens with one attached hydrogen (secondary N) is 1. The molecule has 186 valence electrons. The summed E-state index contributed by atoms with van der Waals surface area (Å²) >= 11 is 0. The molecule has 6 rings (SSSR count). The zero-order valence-electron chi connectivity index (χ0n) is 20.5. The third kappa shape index (κ3) is 5.37. The Morgan fingerprint density at radius 2 is 1.81 bits per heavy atom. The fourth-order valence-electron chi connectivity index (χ4n) is 5.21. The Morgan fingerprint density at radius 1 is 0.917 bits per heavy atom. The summed E-state index contributed by atoms with van der Waals surface area (Å²) in [5.41, 5.74) is 5.00. The lowest BCUT2D eigenvalue weighted by Crippen LogP contribution is -2.37. The number of hydrogen-bond donors (Lipinski definition) is 1. The number of pyridine rings is 2. The van der Waals surface area contributed by atoms with Crippen molar-refractivity contribution in [2.24, 2.45) is 0 Å². The third-order valence-electron chi connectivity index (χ3n) is 7.23. The third-order valence-corrected chi connectivity index (χ3v) is 7.23. The van der Waals surface area contributed by atoms with E-state index in [0.29, 0.717) is 5.92 Å². The number of morpholine rings is 1. The van der Waals surface area contributed by atoms with E-state index in [-0.39, 0.29) is 0 Å². The SMILES string of the molecule is c1nc2ccc(Nc3cc(C4CCCC4)cnn3)nc2cc1-c1cnn(CCCN2CCOCC2)c1. The van der Waals surface area contributed by atoms with Crippen LogP contribution >= 0.6 is 0 Å². The smallest absolute Gasteiger partial charge is 0.154 e. The molecule has 0 amide bonds. The van der Waals surface area contributed by atoms with Gasteiger partial charge >= 0.3 is 0 Å². The molecule has 0 bridgehead atoms. The predicted molar refractivity (Wildman–Crippen MR) is 139 cm³/mol. The number of fused-ring (bicyclic) bond motifs is 1. The number of aryl methyl sites for hydroxylation is 1. The van der Waals surface area contributed by atoms with Crippen LogP contribution in [0.5, 0.6) is 0 Å². The molecular weight excluding hydrogens is 452 g/mol. The molecule has 2 aliphatic rings. The zero-order valence-corrected chi connectivity index (χ0v) is 20.5. The van der Waals surface area contributed by atoms with Crippen LogP contribution in [-0.4, -0.2) is 67.7 Å². The Balaban J connectivity index is 1.13. The summed E-state index contributed by atoms with van der Waals surface area (Å²) in [6.45, 7) is 5.69. The van der Waals surface area contributed by atoms with E-state index in [1.807, 2.05) is 35.4 Å². The van der Waals surface area contributed by atoms with Gasteiger partial charge in [-0.15, -0.1) is 5.10 Å². The molecule has 9 heteroatoms. The van der Waals surface area contributed by atoms with Crippen molar-refractivity contribution < 1.29 is 4.74 Å². The van der Waals surface area contributed by atoms with Crippen LogP contribution in [0.1, 0.15) is 43.6 Å². The highest BCUT2D eigenvalue weighted by molar-refractivity contribution is 5.81. The monoisotopic (exact) mass is 484 g/mol. The molecule has 0 atom stereocenters. The summed E-state index contributed by atoms with van der Waals surface area (Å²) in [5, 5.41) is 16.4. The Labute approximate surface area is 210 Å². The Hall–Kier alpha value is -3.43.